The van der Waals surface area contributed by atoms with E-state index < -0.39 is 69.1 Å². The highest BCUT2D eigenvalue weighted by Crippen LogP contribution is 2.22. The fraction of sp³-hybridized carbons (Fsp3) is 0.256. The van der Waals surface area contributed by atoms with Crippen molar-refractivity contribution in [3.05, 3.63) is 162 Å². The lowest BCUT2D eigenvalue weighted by atomic mass is 10.1. The lowest BCUT2D eigenvalue weighted by molar-refractivity contribution is 0.0654. The number of aromatic hydroxyl groups is 1. The number of nitrogens with one attached hydrogen (secondary N) is 4. The van der Waals surface area contributed by atoms with Gasteiger partial charge in [-0.1, -0.05) is 42.5 Å². The van der Waals surface area contributed by atoms with Gasteiger partial charge < -0.3 is 50.6 Å². The summed E-state index contributed by atoms with van der Waals surface area (Å²) in [5.41, 5.74) is 3.62. The van der Waals surface area contributed by atoms with Crippen molar-refractivity contribution in [2.24, 2.45) is 0 Å². The van der Waals surface area contributed by atoms with Crippen molar-refractivity contribution in [2.75, 3.05) is 64.7 Å². The van der Waals surface area contributed by atoms with E-state index >= 15 is 0 Å². The van der Waals surface area contributed by atoms with E-state index in [2.05, 4.69) is 21.5 Å². The van der Waals surface area contributed by atoms with Crippen LogP contribution in [0.4, 0.5) is 17.6 Å². The normalized spacial score (nSPS) is 12.8. The third kappa shape index (κ3) is 10.9. The second-order valence-electron chi connectivity index (χ2n) is 14.2. The molecular formula is C43H42F4N8O10. The summed E-state index contributed by atoms with van der Waals surface area (Å²) in [6.07, 6.45) is 2.29. The van der Waals surface area contributed by atoms with Gasteiger partial charge in [-0.3, -0.25) is 38.1 Å². The van der Waals surface area contributed by atoms with Crippen LogP contribution in [0.5, 0.6) is 11.5 Å². The van der Waals surface area contributed by atoms with Crippen LogP contribution in [0, 0.1) is 23.3 Å². The number of aromatic nitrogens is 2. The Morgan fingerprint density at radius 3 is 1.65 bits per heavy atom. The molecule has 0 radical (unpaired) electrons. The number of carbonyl (C=O) groups is 4. The molecule has 7 rings (SSSR count). The van der Waals surface area contributed by atoms with E-state index in [9.17, 15) is 51.4 Å². The van der Waals surface area contributed by atoms with Crippen molar-refractivity contribution < 1.29 is 56.1 Å². The number of fused-ring (bicyclic) bond motifs is 2. The molecular weight excluding hydrogens is 865 g/mol. The van der Waals surface area contributed by atoms with Crippen LogP contribution in [0.1, 0.15) is 58.4 Å². The van der Waals surface area contributed by atoms with E-state index in [1.54, 1.807) is 24.3 Å². The molecule has 3 aromatic carbocycles. The van der Waals surface area contributed by atoms with Crippen molar-refractivity contribution in [1.82, 2.24) is 29.8 Å². The first kappa shape index (κ1) is 46.8. The van der Waals surface area contributed by atoms with Gasteiger partial charge in [0.2, 0.25) is 10.9 Å². The maximum Gasteiger partial charge on any atom is 0.277 e. The molecule has 0 spiro atoms. The summed E-state index contributed by atoms with van der Waals surface area (Å²) in [6.45, 7) is 0.657. The maximum absolute atomic E-state index is 14.0. The molecule has 18 nitrogen and oxygen atoms in total. The highest BCUT2D eigenvalue weighted by molar-refractivity contribution is 6.00. The molecule has 4 heterocycles. The molecule has 0 unspecified atom stereocenters. The van der Waals surface area contributed by atoms with E-state index in [1.807, 2.05) is 6.07 Å². The minimum absolute atomic E-state index is 0.0136. The SMILES string of the molecule is COCCN1CNn2cc(C(=O)NCc3ccc(F)cc3F)c(=O)c(O)c2C1=O.COCCN1CNn2cc(C(=O)NCc3ccc(F)cc3F)c(=O)c(OCc3ccccc3)c2C1=O. The molecule has 2 aliphatic heterocycles. The Hall–Kier alpha value is -7.72. The molecule has 22 heteroatoms. The largest absolute Gasteiger partial charge is 0.502 e. The maximum atomic E-state index is 14.0. The Bertz CT molecular complexity index is 2720. The van der Waals surface area contributed by atoms with Crippen LogP contribution in [-0.4, -0.2) is 102 Å². The monoisotopic (exact) mass is 906 g/mol. The number of methoxy groups -OCH3 is 2. The predicted octanol–water partition coefficient (Wildman–Crippen LogP) is 2.60. The number of pyridine rings is 2. The number of benzene rings is 3. The molecule has 0 bridgehead atoms. The average Bonchev–Trinajstić information content (AvgIpc) is 3.29. The van der Waals surface area contributed by atoms with E-state index in [0.29, 0.717) is 12.1 Å². The minimum atomic E-state index is -1.04. The Balaban J connectivity index is 0.000000221. The van der Waals surface area contributed by atoms with Gasteiger partial charge in [0.05, 0.1) is 13.2 Å². The van der Waals surface area contributed by atoms with Gasteiger partial charge in [0.1, 0.15) is 54.3 Å². The summed E-state index contributed by atoms with van der Waals surface area (Å²) in [7, 11) is 2.98. The minimum Gasteiger partial charge on any atom is -0.502 e. The molecule has 0 atom stereocenters. The second kappa shape index (κ2) is 21.1. The van der Waals surface area contributed by atoms with Gasteiger partial charge in [-0.15, -0.1) is 0 Å². The molecule has 0 saturated heterocycles. The number of ether oxygens (including phenoxy) is 3. The zero-order chi connectivity index (χ0) is 46.8. The number of rotatable bonds is 15. The molecule has 4 amide bonds. The van der Waals surface area contributed by atoms with Gasteiger partial charge in [0.25, 0.3) is 23.6 Å². The topological polar surface area (TPSA) is 215 Å². The third-order valence-electron chi connectivity index (χ3n) is 9.95. The van der Waals surface area contributed by atoms with Crippen LogP contribution < -0.4 is 37.1 Å². The second-order valence-corrected chi connectivity index (χ2v) is 14.2. The quantitative estimate of drug-likeness (QED) is 0.0960. The first-order chi connectivity index (χ1) is 31.2. The van der Waals surface area contributed by atoms with Crippen LogP contribution in [0.2, 0.25) is 0 Å². The highest BCUT2D eigenvalue weighted by Gasteiger charge is 2.33. The molecule has 65 heavy (non-hydrogen) atoms. The van der Waals surface area contributed by atoms with Gasteiger partial charge >= 0.3 is 0 Å². The van der Waals surface area contributed by atoms with Gasteiger partial charge in [-0.05, 0) is 17.7 Å². The number of halogens is 4. The van der Waals surface area contributed by atoms with Gasteiger partial charge in [0, 0.05) is 76.1 Å². The molecule has 5 N–H and O–H groups in total. The molecule has 5 aromatic rings. The summed E-state index contributed by atoms with van der Waals surface area (Å²) in [5.74, 6) is -7.12. The van der Waals surface area contributed by atoms with E-state index in [0.717, 1.165) is 34.6 Å². The lowest BCUT2D eigenvalue weighted by Gasteiger charge is -2.32. The van der Waals surface area contributed by atoms with E-state index in [-0.39, 0.29) is 93.2 Å². The first-order valence-electron chi connectivity index (χ1n) is 19.7. The molecule has 0 fully saturated rings. The third-order valence-corrected chi connectivity index (χ3v) is 9.95. The smallest absolute Gasteiger partial charge is 0.277 e. The average molecular weight is 907 g/mol. The van der Waals surface area contributed by atoms with Gasteiger partial charge in [-0.2, -0.15) is 0 Å². The van der Waals surface area contributed by atoms with Crippen LogP contribution in [0.3, 0.4) is 0 Å². The fourth-order valence-electron chi connectivity index (χ4n) is 6.44. The summed E-state index contributed by atoms with van der Waals surface area (Å²) in [5, 5.41) is 15.0. The summed E-state index contributed by atoms with van der Waals surface area (Å²) in [6, 6.07) is 14.9. The summed E-state index contributed by atoms with van der Waals surface area (Å²) >= 11 is 0. The number of amides is 4. The van der Waals surface area contributed by atoms with Crippen LogP contribution in [0.25, 0.3) is 0 Å². The summed E-state index contributed by atoms with van der Waals surface area (Å²) in [4.78, 5) is 79.5. The van der Waals surface area contributed by atoms with Gasteiger partial charge in [-0.25, -0.2) is 17.6 Å². The Morgan fingerprint density at radius 1 is 0.677 bits per heavy atom. The fourth-order valence-corrected chi connectivity index (χ4v) is 6.44. The summed E-state index contributed by atoms with van der Waals surface area (Å²) < 4.78 is 71.9. The van der Waals surface area contributed by atoms with Crippen molar-refractivity contribution >= 4 is 23.6 Å². The first-order valence-corrected chi connectivity index (χ1v) is 19.7. The van der Waals surface area contributed by atoms with Crippen LogP contribution >= 0.6 is 0 Å². The van der Waals surface area contributed by atoms with Crippen LogP contribution in [-0.2, 0) is 29.2 Å². The van der Waals surface area contributed by atoms with Crippen molar-refractivity contribution in [3.63, 3.8) is 0 Å². The predicted molar refractivity (Wildman–Crippen MR) is 223 cm³/mol. The highest BCUT2D eigenvalue weighted by atomic mass is 19.1. The Labute approximate surface area is 366 Å². The Kier molecular flexibility index (Phi) is 15.2. The van der Waals surface area contributed by atoms with Crippen molar-refractivity contribution in [3.8, 4) is 11.5 Å². The number of hydrogen-bond acceptors (Lipinski definition) is 12. The molecule has 342 valence electrons. The number of carbonyl (C=O) groups excluding carboxylic acids is 4. The van der Waals surface area contributed by atoms with Gasteiger partial charge in [0.15, 0.2) is 22.9 Å². The standard InChI is InChI=1S/C25H24F2N4O5.C18H18F2N4O5/c1-35-10-9-30-15-29-31-13-19(24(33)28-12-17-7-8-18(26)11-20(17)27)22(32)23(21(31)25(30)34)36-14-16-5-3-2-4-6-16;1-29-5-4-23-9-22-24-8-12(15(25)16(26)14(24)18(23)28)17(27)21-7-10-2-3-11(19)6-13(10)20/h2-8,11,13,29H,9-10,12,14-15H2,1H3,(H,28,33);2-3,6,8,22,26H,4-5,7,9H2,1H3,(H,21,27). The van der Waals surface area contributed by atoms with E-state index in [1.165, 1.54) is 41.0 Å². The Morgan fingerprint density at radius 2 is 1.15 bits per heavy atom. The molecule has 2 aromatic heterocycles. The number of nitrogens with zero attached hydrogens (tertiary/aromatic N) is 4. The van der Waals surface area contributed by atoms with E-state index in [4.69, 9.17) is 14.2 Å². The molecule has 2 aliphatic rings. The zero-order valence-electron chi connectivity index (χ0n) is 34.8. The van der Waals surface area contributed by atoms with Crippen molar-refractivity contribution in [2.45, 2.75) is 19.7 Å². The lowest BCUT2D eigenvalue weighted by Crippen LogP contribution is -2.48. The van der Waals surface area contributed by atoms with Crippen LogP contribution in [0.15, 0.2) is 88.7 Å². The van der Waals surface area contributed by atoms with Crippen molar-refractivity contribution in [1.29, 1.82) is 0 Å². The molecule has 0 aliphatic carbocycles. The molecule has 0 saturated carbocycles. The number of hydrogen-bond donors (Lipinski definition) is 5. The zero-order valence-corrected chi connectivity index (χ0v) is 34.8.